The van der Waals surface area contributed by atoms with Crippen molar-refractivity contribution in [1.82, 2.24) is 5.43 Å². The molecular weight excluding hydrogens is 306 g/mol. The molecule has 0 unspecified atom stereocenters. The molecule has 0 radical (unpaired) electrons. The van der Waals surface area contributed by atoms with Crippen LogP contribution in [0.15, 0.2) is 29.4 Å². The zero-order valence-electron chi connectivity index (χ0n) is 13.2. The Bertz CT molecular complexity index is 635. The molecule has 0 heterocycles. The lowest BCUT2D eigenvalue weighted by Crippen LogP contribution is -2.40. The number of carbonyl (C=O) groups is 1. The maximum absolute atomic E-state index is 12.2. The fraction of sp³-hybridized carbons (Fsp3) is 0.429. The van der Waals surface area contributed by atoms with Gasteiger partial charge in [0.1, 0.15) is 12.3 Å². The van der Waals surface area contributed by atoms with Crippen LogP contribution >= 0.6 is 0 Å². The molecule has 0 aromatic heterocycles. The van der Waals surface area contributed by atoms with Gasteiger partial charge in [0, 0.05) is 5.71 Å². The molecule has 1 aromatic rings. The van der Waals surface area contributed by atoms with Crippen LogP contribution < -0.4 is 14.5 Å². The van der Waals surface area contributed by atoms with E-state index in [0.29, 0.717) is 17.1 Å². The SMILES string of the molecule is CCS(=O)(=O)N(CC(=O)NN=C(C)C)c1ccc(OC)cc1. The number of hydrogen-bond acceptors (Lipinski definition) is 5. The maximum Gasteiger partial charge on any atom is 0.260 e. The maximum atomic E-state index is 12.2. The van der Waals surface area contributed by atoms with Crippen LogP contribution in [0.2, 0.25) is 0 Å². The summed E-state index contributed by atoms with van der Waals surface area (Å²) < 4.78 is 30.5. The van der Waals surface area contributed by atoms with E-state index >= 15 is 0 Å². The van der Waals surface area contributed by atoms with Gasteiger partial charge >= 0.3 is 0 Å². The second-order valence-corrected chi connectivity index (χ2v) is 6.88. The number of carbonyl (C=O) groups excluding carboxylic acids is 1. The van der Waals surface area contributed by atoms with Crippen molar-refractivity contribution in [3.05, 3.63) is 24.3 Å². The zero-order chi connectivity index (χ0) is 16.8. The predicted molar refractivity (Wildman–Crippen MR) is 86.7 cm³/mol. The van der Waals surface area contributed by atoms with Crippen LogP contribution in [-0.4, -0.2) is 39.4 Å². The summed E-state index contributed by atoms with van der Waals surface area (Å²) in [6.45, 7) is 4.64. The normalized spacial score (nSPS) is 10.7. The minimum Gasteiger partial charge on any atom is -0.497 e. The second-order valence-electron chi connectivity index (χ2n) is 4.70. The number of benzene rings is 1. The Hall–Kier alpha value is -2.09. The van der Waals surface area contributed by atoms with Crippen molar-refractivity contribution in [1.29, 1.82) is 0 Å². The molecule has 122 valence electrons. The Morgan fingerprint density at radius 3 is 2.32 bits per heavy atom. The second kappa shape index (κ2) is 7.79. The van der Waals surface area contributed by atoms with Crippen LogP contribution in [0.3, 0.4) is 0 Å². The fourth-order valence-corrected chi connectivity index (χ4v) is 2.66. The van der Waals surface area contributed by atoms with Crippen molar-refractivity contribution in [2.24, 2.45) is 5.10 Å². The van der Waals surface area contributed by atoms with E-state index in [-0.39, 0.29) is 12.3 Å². The van der Waals surface area contributed by atoms with Crippen molar-refractivity contribution in [2.45, 2.75) is 20.8 Å². The molecule has 0 aliphatic rings. The average Bonchev–Trinajstić information content (AvgIpc) is 2.50. The number of rotatable bonds is 7. The van der Waals surface area contributed by atoms with Crippen LogP contribution in [0.4, 0.5) is 5.69 Å². The van der Waals surface area contributed by atoms with Gasteiger partial charge in [0.25, 0.3) is 5.91 Å². The first-order valence-electron chi connectivity index (χ1n) is 6.74. The molecule has 0 saturated heterocycles. The molecule has 0 atom stereocenters. The molecule has 0 aliphatic carbocycles. The third-order valence-corrected chi connectivity index (χ3v) is 4.49. The molecular formula is C14H21N3O4S. The Labute approximate surface area is 131 Å². The predicted octanol–water partition coefficient (Wildman–Crippen LogP) is 1.36. The van der Waals surface area contributed by atoms with Crippen molar-refractivity contribution in [3.8, 4) is 5.75 Å². The molecule has 0 saturated carbocycles. The summed E-state index contributed by atoms with van der Waals surface area (Å²) in [7, 11) is -2.06. The Morgan fingerprint density at radius 2 is 1.86 bits per heavy atom. The lowest BCUT2D eigenvalue weighted by Gasteiger charge is -2.23. The molecule has 8 heteroatoms. The van der Waals surface area contributed by atoms with Crippen molar-refractivity contribution < 1.29 is 17.9 Å². The van der Waals surface area contributed by atoms with E-state index in [1.165, 1.54) is 14.0 Å². The molecule has 7 nitrogen and oxygen atoms in total. The summed E-state index contributed by atoms with van der Waals surface area (Å²) in [6.07, 6.45) is 0. The summed E-state index contributed by atoms with van der Waals surface area (Å²) in [5.74, 6) is -0.00940. The zero-order valence-corrected chi connectivity index (χ0v) is 14.0. The number of nitrogens with zero attached hydrogens (tertiary/aromatic N) is 2. The van der Waals surface area contributed by atoms with Crippen LogP contribution in [0.5, 0.6) is 5.75 Å². The van der Waals surface area contributed by atoms with Gasteiger partial charge in [-0.1, -0.05) is 0 Å². The Morgan fingerprint density at radius 1 is 1.27 bits per heavy atom. The van der Waals surface area contributed by atoms with E-state index in [1.54, 1.807) is 38.1 Å². The third-order valence-electron chi connectivity index (χ3n) is 2.75. The first kappa shape index (κ1) is 18.0. The van der Waals surface area contributed by atoms with Gasteiger partial charge in [-0.05, 0) is 45.0 Å². The lowest BCUT2D eigenvalue weighted by molar-refractivity contribution is -0.119. The van der Waals surface area contributed by atoms with E-state index < -0.39 is 15.9 Å². The number of sulfonamides is 1. The van der Waals surface area contributed by atoms with Gasteiger partial charge in [-0.3, -0.25) is 9.10 Å². The number of methoxy groups -OCH3 is 1. The largest absolute Gasteiger partial charge is 0.497 e. The third kappa shape index (κ3) is 5.03. The van der Waals surface area contributed by atoms with Crippen molar-refractivity contribution in [3.63, 3.8) is 0 Å². The van der Waals surface area contributed by atoms with Crippen LogP contribution in [0.1, 0.15) is 20.8 Å². The molecule has 0 spiro atoms. The van der Waals surface area contributed by atoms with Gasteiger partial charge in [0.2, 0.25) is 10.0 Å². The fourth-order valence-electron chi connectivity index (χ4n) is 1.59. The van der Waals surface area contributed by atoms with Gasteiger partial charge in [0.15, 0.2) is 0 Å². The first-order chi connectivity index (χ1) is 10.3. The molecule has 1 aromatic carbocycles. The summed E-state index contributed by atoms with van der Waals surface area (Å²) in [5, 5.41) is 3.78. The number of ether oxygens (including phenoxy) is 1. The number of anilines is 1. The van der Waals surface area contributed by atoms with Gasteiger partial charge in [-0.25, -0.2) is 13.8 Å². The Kier molecular flexibility index (Phi) is 6.36. The lowest BCUT2D eigenvalue weighted by atomic mass is 10.3. The number of hydrogen-bond donors (Lipinski definition) is 1. The number of hydrazone groups is 1. The monoisotopic (exact) mass is 327 g/mol. The molecule has 1 N–H and O–H groups in total. The topological polar surface area (TPSA) is 88.1 Å². The van der Waals surface area contributed by atoms with E-state index in [9.17, 15) is 13.2 Å². The highest BCUT2D eigenvalue weighted by molar-refractivity contribution is 7.92. The standard InChI is InChI=1S/C14H21N3O4S/c1-5-22(19,20)17(10-14(18)16-15-11(2)3)12-6-8-13(21-4)9-7-12/h6-9H,5,10H2,1-4H3,(H,16,18). The molecule has 22 heavy (non-hydrogen) atoms. The minimum atomic E-state index is -3.58. The van der Waals surface area contributed by atoms with Gasteiger partial charge in [-0.15, -0.1) is 0 Å². The highest BCUT2D eigenvalue weighted by atomic mass is 32.2. The van der Waals surface area contributed by atoms with E-state index in [0.717, 1.165) is 4.31 Å². The molecule has 0 fully saturated rings. The van der Waals surface area contributed by atoms with Crippen molar-refractivity contribution >= 4 is 27.3 Å². The molecule has 1 rings (SSSR count). The summed E-state index contributed by atoms with van der Waals surface area (Å²) >= 11 is 0. The molecule has 0 aliphatic heterocycles. The quantitative estimate of drug-likeness (QED) is 0.605. The van der Waals surface area contributed by atoms with Crippen LogP contribution in [-0.2, 0) is 14.8 Å². The molecule has 1 amide bonds. The Balaban J connectivity index is 3.03. The number of nitrogens with one attached hydrogen (secondary N) is 1. The van der Waals surface area contributed by atoms with E-state index in [1.807, 2.05) is 0 Å². The number of amides is 1. The summed E-state index contributed by atoms with van der Waals surface area (Å²) in [6, 6.07) is 6.46. The highest BCUT2D eigenvalue weighted by Gasteiger charge is 2.23. The minimum absolute atomic E-state index is 0.109. The van der Waals surface area contributed by atoms with Gasteiger partial charge in [0.05, 0.1) is 18.6 Å². The van der Waals surface area contributed by atoms with Gasteiger partial charge < -0.3 is 4.74 Å². The first-order valence-corrected chi connectivity index (χ1v) is 8.35. The smallest absolute Gasteiger partial charge is 0.260 e. The summed E-state index contributed by atoms with van der Waals surface area (Å²) in [4.78, 5) is 11.9. The van der Waals surface area contributed by atoms with Crippen molar-refractivity contribution in [2.75, 3.05) is 23.7 Å². The van der Waals surface area contributed by atoms with Gasteiger partial charge in [-0.2, -0.15) is 5.10 Å². The van der Waals surface area contributed by atoms with Crippen LogP contribution in [0, 0.1) is 0 Å². The summed E-state index contributed by atoms with van der Waals surface area (Å²) in [5.41, 5.74) is 3.39. The highest BCUT2D eigenvalue weighted by Crippen LogP contribution is 2.21. The molecule has 0 bridgehead atoms. The van der Waals surface area contributed by atoms with Crippen LogP contribution in [0.25, 0.3) is 0 Å². The average molecular weight is 327 g/mol. The van der Waals surface area contributed by atoms with E-state index in [2.05, 4.69) is 10.5 Å². The van der Waals surface area contributed by atoms with E-state index in [4.69, 9.17) is 4.74 Å².